The van der Waals surface area contributed by atoms with Gasteiger partial charge in [0.1, 0.15) is 17.9 Å². The summed E-state index contributed by atoms with van der Waals surface area (Å²) < 4.78 is 10.2. The first-order chi connectivity index (χ1) is 9.58. The molecule has 6 heteroatoms. The highest BCUT2D eigenvalue weighted by atomic mass is 35.5. The highest BCUT2D eigenvalue weighted by Crippen LogP contribution is 2.29. The van der Waals surface area contributed by atoms with E-state index in [1.165, 1.54) is 6.92 Å². The topological polar surface area (TPSA) is 68.7 Å². The predicted molar refractivity (Wildman–Crippen MR) is 74.9 cm³/mol. The first-order valence-electron chi connectivity index (χ1n) is 6.07. The maximum Gasteiger partial charge on any atom is 0.344 e. The van der Waals surface area contributed by atoms with Crippen LogP contribution in [0.1, 0.15) is 6.92 Å². The van der Waals surface area contributed by atoms with Crippen LogP contribution in [0.15, 0.2) is 30.5 Å². The van der Waals surface area contributed by atoms with E-state index < -0.39 is 12.1 Å². The maximum absolute atomic E-state index is 11.4. The van der Waals surface area contributed by atoms with Crippen LogP contribution in [0, 0.1) is 0 Å². The number of aliphatic hydroxyl groups excluding tert-OH is 1. The molecule has 0 saturated heterocycles. The fourth-order valence-corrected chi connectivity index (χ4v) is 1.84. The molecule has 1 aromatic heterocycles. The van der Waals surface area contributed by atoms with Crippen molar-refractivity contribution >= 4 is 28.5 Å². The Labute approximate surface area is 121 Å². The quantitative estimate of drug-likeness (QED) is 0.856. The molecular formula is C14H14ClNO4. The zero-order valence-corrected chi connectivity index (χ0v) is 11.6. The van der Waals surface area contributed by atoms with Gasteiger partial charge in [-0.3, -0.25) is 4.98 Å². The van der Waals surface area contributed by atoms with Gasteiger partial charge in [0.25, 0.3) is 0 Å². The number of hydrogen-bond donors (Lipinski definition) is 1. The van der Waals surface area contributed by atoms with Gasteiger partial charge in [0.05, 0.1) is 11.1 Å². The van der Waals surface area contributed by atoms with Crippen molar-refractivity contribution in [1.29, 1.82) is 0 Å². The van der Waals surface area contributed by atoms with Gasteiger partial charge in [0.2, 0.25) is 0 Å². The third kappa shape index (κ3) is 3.59. The lowest BCUT2D eigenvalue weighted by Gasteiger charge is -2.10. The first-order valence-corrected chi connectivity index (χ1v) is 6.45. The minimum atomic E-state index is -0.697. The molecule has 0 fully saturated rings. The molecule has 0 aliphatic heterocycles. The Kier molecular flexibility index (Phi) is 4.76. The molecule has 0 saturated carbocycles. The number of ether oxygens (including phenoxy) is 2. The van der Waals surface area contributed by atoms with Gasteiger partial charge in [-0.2, -0.15) is 0 Å². The molecule has 0 amide bonds. The molecular weight excluding hydrogens is 282 g/mol. The number of halogens is 1. The molecule has 1 N–H and O–H groups in total. The number of carbonyl (C=O) groups excluding carboxylic acids is 1. The summed E-state index contributed by atoms with van der Waals surface area (Å²) in [7, 11) is 0. The number of carbonyl (C=O) groups is 1. The number of rotatable bonds is 5. The van der Waals surface area contributed by atoms with Gasteiger partial charge in [0, 0.05) is 11.6 Å². The van der Waals surface area contributed by atoms with E-state index in [4.69, 9.17) is 26.2 Å². The maximum atomic E-state index is 11.4. The number of fused-ring (bicyclic) bond motifs is 1. The van der Waals surface area contributed by atoms with Crippen LogP contribution < -0.4 is 4.74 Å². The lowest BCUT2D eigenvalue weighted by Crippen LogP contribution is -2.20. The molecule has 2 rings (SSSR count). The molecule has 1 aromatic carbocycles. The van der Waals surface area contributed by atoms with E-state index in [9.17, 15) is 4.79 Å². The van der Waals surface area contributed by atoms with Crippen molar-refractivity contribution in [2.75, 3.05) is 13.2 Å². The minimum Gasteiger partial charge on any atom is -0.480 e. The lowest BCUT2D eigenvalue weighted by atomic mass is 10.2. The van der Waals surface area contributed by atoms with Crippen LogP contribution in [0.25, 0.3) is 10.9 Å². The Hall–Kier alpha value is -1.85. The van der Waals surface area contributed by atoms with Gasteiger partial charge in [-0.1, -0.05) is 11.6 Å². The first kappa shape index (κ1) is 14.6. The molecule has 106 valence electrons. The van der Waals surface area contributed by atoms with Crippen LogP contribution in [0.3, 0.4) is 0 Å². The van der Waals surface area contributed by atoms with E-state index >= 15 is 0 Å². The second-order valence-electron chi connectivity index (χ2n) is 4.27. The smallest absolute Gasteiger partial charge is 0.344 e. The van der Waals surface area contributed by atoms with Crippen LogP contribution in [0.4, 0.5) is 0 Å². The van der Waals surface area contributed by atoms with Crippen molar-refractivity contribution in [1.82, 2.24) is 4.98 Å². The second kappa shape index (κ2) is 6.54. The average Bonchev–Trinajstić information content (AvgIpc) is 2.45. The zero-order chi connectivity index (χ0) is 14.5. The number of hydrogen-bond acceptors (Lipinski definition) is 5. The van der Waals surface area contributed by atoms with E-state index in [-0.39, 0.29) is 13.2 Å². The Morgan fingerprint density at radius 1 is 1.45 bits per heavy atom. The highest BCUT2D eigenvalue weighted by Gasteiger charge is 2.10. The van der Waals surface area contributed by atoms with Gasteiger partial charge in [-0.05, 0) is 31.2 Å². The van der Waals surface area contributed by atoms with Crippen molar-refractivity contribution in [2.45, 2.75) is 13.0 Å². The normalized spacial score (nSPS) is 12.2. The van der Waals surface area contributed by atoms with Crippen LogP contribution >= 0.6 is 11.6 Å². The number of nitrogens with zero attached hydrogens (tertiary/aromatic N) is 1. The summed E-state index contributed by atoms with van der Waals surface area (Å²) in [6.45, 7) is 1.23. The van der Waals surface area contributed by atoms with Gasteiger partial charge in [0.15, 0.2) is 6.61 Å². The van der Waals surface area contributed by atoms with Crippen molar-refractivity contribution in [3.8, 4) is 5.75 Å². The van der Waals surface area contributed by atoms with E-state index in [2.05, 4.69) is 4.98 Å². The van der Waals surface area contributed by atoms with Crippen molar-refractivity contribution < 1.29 is 19.4 Å². The number of benzene rings is 1. The SMILES string of the molecule is CC(O)COC(=O)COc1ccc(Cl)c2cccnc12. The molecule has 0 aliphatic carbocycles. The Bertz CT molecular complexity index is 615. The monoisotopic (exact) mass is 295 g/mol. The third-order valence-corrected chi connectivity index (χ3v) is 2.84. The molecule has 1 unspecified atom stereocenters. The summed E-state index contributed by atoms with van der Waals surface area (Å²) in [6, 6.07) is 6.93. The second-order valence-corrected chi connectivity index (χ2v) is 4.67. The number of aliphatic hydroxyl groups is 1. The summed E-state index contributed by atoms with van der Waals surface area (Å²) >= 11 is 6.06. The Morgan fingerprint density at radius 2 is 2.25 bits per heavy atom. The number of aromatic nitrogens is 1. The summed E-state index contributed by atoms with van der Waals surface area (Å²) in [5, 5.41) is 10.3. The van der Waals surface area contributed by atoms with Crippen LogP contribution in [-0.4, -0.2) is 35.4 Å². The largest absolute Gasteiger partial charge is 0.480 e. The molecule has 0 spiro atoms. The van der Waals surface area contributed by atoms with Gasteiger partial charge < -0.3 is 14.6 Å². The highest BCUT2D eigenvalue weighted by molar-refractivity contribution is 6.35. The summed E-state index contributed by atoms with van der Waals surface area (Å²) in [6.07, 6.45) is 0.925. The van der Waals surface area contributed by atoms with E-state index in [1.807, 2.05) is 6.07 Å². The molecule has 0 aliphatic rings. The predicted octanol–water partition coefficient (Wildman–Crippen LogP) is 2.19. The van der Waals surface area contributed by atoms with Gasteiger partial charge in [-0.15, -0.1) is 0 Å². The Balaban J connectivity index is 2.07. The van der Waals surface area contributed by atoms with E-state index in [0.717, 1.165) is 5.39 Å². The van der Waals surface area contributed by atoms with Gasteiger partial charge >= 0.3 is 5.97 Å². The molecule has 20 heavy (non-hydrogen) atoms. The third-order valence-electron chi connectivity index (χ3n) is 2.51. The van der Waals surface area contributed by atoms with Crippen LogP contribution in [0.2, 0.25) is 5.02 Å². The fraction of sp³-hybridized carbons (Fsp3) is 0.286. The lowest BCUT2D eigenvalue weighted by molar-refractivity contribution is -0.148. The van der Waals surface area contributed by atoms with Crippen LogP contribution in [-0.2, 0) is 9.53 Å². The van der Waals surface area contributed by atoms with Crippen molar-refractivity contribution in [3.63, 3.8) is 0 Å². The Morgan fingerprint density at radius 3 is 3.00 bits per heavy atom. The molecule has 0 bridgehead atoms. The fourth-order valence-electron chi connectivity index (χ4n) is 1.62. The van der Waals surface area contributed by atoms with Crippen molar-refractivity contribution in [3.05, 3.63) is 35.5 Å². The van der Waals surface area contributed by atoms with E-state index in [0.29, 0.717) is 16.3 Å². The molecule has 0 radical (unpaired) electrons. The number of esters is 1. The molecule has 2 aromatic rings. The van der Waals surface area contributed by atoms with Gasteiger partial charge in [-0.25, -0.2) is 4.79 Å². The van der Waals surface area contributed by atoms with E-state index in [1.54, 1.807) is 24.4 Å². The summed E-state index contributed by atoms with van der Waals surface area (Å²) in [5.41, 5.74) is 0.586. The summed E-state index contributed by atoms with van der Waals surface area (Å²) in [5.74, 6) is -0.0936. The number of pyridine rings is 1. The molecule has 5 nitrogen and oxygen atoms in total. The molecule has 1 atom stereocenters. The van der Waals surface area contributed by atoms with Crippen LogP contribution in [0.5, 0.6) is 5.75 Å². The standard InChI is InChI=1S/C14H14ClNO4/c1-9(17)7-20-13(18)8-19-12-5-4-11(15)10-3-2-6-16-14(10)12/h2-6,9,17H,7-8H2,1H3. The summed E-state index contributed by atoms with van der Waals surface area (Å²) in [4.78, 5) is 15.6. The minimum absolute atomic E-state index is 0.0538. The zero-order valence-electron chi connectivity index (χ0n) is 10.9. The molecule has 1 heterocycles. The average molecular weight is 296 g/mol. The van der Waals surface area contributed by atoms with Crippen molar-refractivity contribution in [2.24, 2.45) is 0 Å².